The van der Waals surface area contributed by atoms with E-state index in [0.717, 1.165) is 89.7 Å². The van der Waals surface area contributed by atoms with E-state index in [1.165, 1.54) is 7.11 Å². The van der Waals surface area contributed by atoms with Crippen LogP contribution in [0.2, 0.25) is 0 Å². The van der Waals surface area contributed by atoms with Crippen molar-refractivity contribution in [2.24, 2.45) is 0 Å². The molecule has 0 saturated carbocycles. The average molecular weight is 750 g/mol. The summed E-state index contributed by atoms with van der Waals surface area (Å²) in [5, 5.41) is 24.0. The normalized spacial score (nSPS) is 14.4. The Morgan fingerprint density at radius 3 is 2.42 bits per heavy atom. The zero-order valence-corrected chi connectivity index (χ0v) is 31.9. The van der Waals surface area contributed by atoms with Crippen LogP contribution in [0.15, 0.2) is 53.4 Å². The van der Waals surface area contributed by atoms with E-state index in [0.29, 0.717) is 30.3 Å². The second-order valence-corrected chi connectivity index (χ2v) is 17.0. The van der Waals surface area contributed by atoms with Crippen molar-refractivity contribution >= 4 is 44.9 Å². The van der Waals surface area contributed by atoms with Gasteiger partial charge in [0.05, 0.1) is 37.9 Å². The fourth-order valence-corrected chi connectivity index (χ4v) is 7.82. The lowest BCUT2D eigenvalue weighted by molar-refractivity contribution is 0.174. The maximum Gasteiger partial charge on any atom is 0.323 e. The van der Waals surface area contributed by atoms with E-state index in [2.05, 4.69) is 59.3 Å². The number of methoxy groups -OCH3 is 1. The van der Waals surface area contributed by atoms with Gasteiger partial charge < -0.3 is 29.8 Å². The number of carbonyl (C=O) groups is 1. The highest BCUT2D eigenvalue weighted by Crippen LogP contribution is 2.40. The SMILES string of the molecule is COc1c(NC(=O)Nc2ccc(OCCN3CCn4c(nnc4-c4ccc(SCCO)cc4)C3)c3c2CCC3)cc(C(C)(C)C)cc1NS(C)(=O)=O. The van der Waals surface area contributed by atoms with Gasteiger partial charge in [-0.2, -0.15) is 0 Å². The Hall–Kier alpha value is -4.31. The topological polar surface area (TPSA) is 160 Å². The monoisotopic (exact) mass is 749 g/mol. The number of carbonyl (C=O) groups excluding carboxylic acids is 1. The van der Waals surface area contributed by atoms with Gasteiger partial charge in [0.1, 0.15) is 18.2 Å². The number of anilines is 3. The fraction of sp³-hybridized carbons (Fsp3) is 0.432. The van der Waals surface area contributed by atoms with Crippen LogP contribution in [-0.4, -0.2) is 84.6 Å². The molecule has 0 atom stereocenters. The molecule has 0 unspecified atom stereocenters. The zero-order chi connectivity index (χ0) is 37.0. The Morgan fingerprint density at radius 1 is 0.981 bits per heavy atom. The summed E-state index contributed by atoms with van der Waals surface area (Å²) in [6, 6.07) is 15.1. The summed E-state index contributed by atoms with van der Waals surface area (Å²) in [7, 11) is -2.16. The number of hydrogen-bond acceptors (Lipinski definition) is 10. The molecular weight excluding hydrogens is 703 g/mol. The van der Waals surface area contributed by atoms with Crippen molar-refractivity contribution in [1.82, 2.24) is 19.7 Å². The summed E-state index contributed by atoms with van der Waals surface area (Å²) in [6.45, 7) is 9.77. The molecule has 1 aliphatic carbocycles. The Balaban J connectivity index is 1.08. The van der Waals surface area contributed by atoms with Gasteiger partial charge in [0, 0.05) is 41.5 Å². The molecule has 0 saturated heterocycles. The van der Waals surface area contributed by atoms with Gasteiger partial charge in [-0.25, -0.2) is 13.2 Å². The van der Waals surface area contributed by atoms with Crippen LogP contribution in [0, 0.1) is 0 Å². The minimum Gasteiger partial charge on any atom is -0.492 e. The Kier molecular flexibility index (Phi) is 11.3. The summed E-state index contributed by atoms with van der Waals surface area (Å²) >= 11 is 1.62. The van der Waals surface area contributed by atoms with Gasteiger partial charge in [0.25, 0.3) is 0 Å². The predicted octanol–water partition coefficient (Wildman–Crippen LogP) is 5.73. The molecule has 52 heavy (non-hydrogen) atoms. The van der Waals surface area contributed by atoms with E-state index >= 15 is 0 Å². The number of rotatable bonds is 13. The second kappa shape index (κ2) is 15.7. The van der Waals surface area contributed by atoms with Crippen LogP contribution in [0.3, 0.4) is 0 Å². The molecule has 3 aromatic carbocycles. The molecule has 13 nitrogen and oxygen atoms in total. The van der Waals surface area contributed by atoms with E-state index in [-0.39, 0.29) is 23.5 Å². The highest BCUT2D eigenvalue weighted by molar-refractivity contribution is 7.99. The number of nitrogens with one attached hydrogen (secondary N) is 3. The summed E-state index contributed by atoms with van der Waals surface area (Å²) < 4.78 is 40.8. The van der Waals surface area contributed by atoms with Crippen molar-refractivity contribution in [2.45, 2.75) is 63.4 Å². The van der Waals surface area contributed by atoms with E-state index in [9.17, 15) is 13.2 Å². The highest BCUT2D eigenvalue weighted by atomic mass is 32.2. The predicted molar refractivity (Wildman–Crippen MR) is 205 cm³/mol. The third-order valence-corrected chi connectivity index (χ3v) is 10.7. The lowest BCUT2D eigenvalue weighted by Gasteiger charge is -2.27. The van der Waals surface area contributed by atoms with E-state index in [1.807, 2.05) is 32.9 Å². The van der Waals surface area contributed by atoms with Gasteiger partial charge >= 0.3 is 6.03 Å². The summed E-state index contributed by atoms with van der Waals surface area (Å²) in [4.78, 5) is 16.8. The van der Waals surface area contributed by atoms with Crippen molar-refractivity contribution in [1.29, 1.82) is 0 Å². The van der Waals surface area contributed by atoms with Gasteiger partial charge in [0.15, 0.2) is 11.6 Å². The summed E-state index contributed by atoms with van der Waals surface area (Å²) in [6.07, 6.45) is 3.72. The molecule has 15 heteroatoms. The van der Waals surface area contributed by atoms with Crippen LogP contribution in [0.25, 0.3) is 11.4 Å². The van der Waals surface area contributed by atoms with Crippen molar-refractivity contribution < 1.29 is 27.8 Å². The van der Waals surface area contributed by atoms with Crippen LogP contribution in [0.4, 0.5) is 21.9 Å². The standard InChI is InChI=1S/C37H47N7O6S2/c1-37(2,3)25-21-30(34(49-4)31(22-25)42-52(5,47)48)39-36(46)38-29-13-14-32(28-8-6-7-27(28)29)50-19-17-43-15-16-44-33(23-43)40-41-35(44)24-9-11-26(12-10-24)51-20-18-45/h9-14,21-22,42,45H,6-8,15-20,23H2,1-5H3,(H2,38,39,46). The third-order valence-electron chi connectivity index (χ3n) is 9.16. The molecule has 1 aliphatic heterocycles. The smallest absolute Gasteiger partial charge is 0.323 e. The molecule has 0 fully saturated rings. The van der Waals surface area contributed by atoms with E-state index in [1.54, 1.807) is 23.9 Å². The lowest BCUT2D eigenvalue weighted by Crippen LogP contribution is -2.36. The quantitative estimate of drug-likeness (QED) is 0.124. The molecule has 2 amide bonds. The maximum absolute atomic E-state index is 13.4. The van der Waals surface area contributed by atoms with E-state index in [4.69, 9.17) is 14.6 Å². The number of aliphatic hydroxyl groups is 1. The fourth-order valence-electron chi connectivity index (χ4n) is 6.61. The number of aliphatic hydroxyl groups excluding tert-OH is 1. The number of aromatic nitrogens is 3. The maximum atomic E-state index is 13.4. The van der Waals surface area contributed by atoms with Crippen LogP contribution in [0.1, 0.15) is 49.7 Å². The first-order valence-corrected chi connectivity index (χ1v) is 20.2. The zero-order valence-electron chi connectivity index (χ0n) is 30.3. The Bertz CT molecular complexity index is 2030. The highest BCUT2D eigenvalue weighted by Gasteiger charge is 2.25. The van der Waals surface area contributed by atoms with Gasteiger partial charge in [-0.1, -0.05) is 32.9 Å². The molecule has 6 rings (SSSR count). The van der Waals surface area contributed by atoms with Crippen LogP contribution in [-0.2, 0) is 41.4 Å². The number of amides is 2. The van der Waals surface area contributed by atoms with Crippen molar-refractivity contribution in [3.05, 3.63) is 71.0 Å². The number of benzene rings is 3. The minimum atomic E-state index is -3.60. The first-order chi connectivity index (χ1) is 24.8. The molecule has 2 heterocycles. The number of fused-ring (bicyclic) bond motifs is 2. The van der Waals surface area contributed by atoms with Gasteiger partial charge in [0.2, 0.25) is 10.0 Å². The van der Waals surface area contributed by atoms with Gasteiger partial charge in [-0.15, -0.1) is 22.0 Å². The number of ether oxygens (including phenoxy) is 2. The van der Waals surface area contributed by atoms with Crippen molar-refractivity contribution in [3.8, 4) is 22.9 Å². The molecule has 4 N–H and O–H groups in total. The Morgan fingerprint density at radius 2 is 1.71 bits per heavy atom. The van der Waals surface area contributed by atoms with Crippen LogP contribution >= 0.6 is 11.8 Å². The summed E-state index contributed by atoms with van der Waals surface area (Å²) in [5.41, 5.74) is 5.00. The number of urea groups is 1. The number of thioether (sulfide) groups is 1. The molecule has 1 aromatic heterocycles. The number of hydrogen-bond donors (Lipinski definition) is 4. The Labute approximate surface area is 309 Å². The molecule has 278 valence electrons. The van der Waals surface area contributed by atoms with E-state index < -0.39 is 16.1 Å². The van der Waals surface area contributed by atoms with Crippen LogP contribution in [0.5, 0.6) is 11.5 Å². The molecule has 0 spiro atoms. The molecule has 0 radical (unpaired) electrons. The minimum absolute atomic E-state index is 0.155. The molecule has 0 bridgehead atoms. The number of sulfonamides is 1. The second-order valence-electron chi connectivity index (χ2n) is 14.0. The van der Waals surface area contributed by atoms with Crippen LogP contribution < -0.4 is 24.8 Å². The third kappa shape index (κ3) is 8.82. The lowest BCUT2D eigenvalue weighted by atomic mass is 9.86. The molecule has 2 aliphatic rings. The van der Waals surface area contributed by atoms with Gasteiger partial charge in [-0.05, 0) is 77.8 Å². The average Bonchev–Trinajstić information content (AvgIpc) is 3.76. The summed E-state index contributed by atoms with van der Waals surface area (Å²) in [5.74, 6) is 3.52. The number of nitrogens with zero attached hydrogens (tertiary/aromatic N) is 4. The molecular formula is C37H47N7O6S2. The first-order valence-electron chi connectivity index (χ1n) is 17.4. The largest absolute Gasteiger partial charge is 0.492 e. The van der Waals surface area contributed by atoms with Crippen molar-refractivity contribution in [3.63, 3.8) is 0 Å². The van der Waals surface area contributed by atoms with Crippen molar-refractivity contribution in [2.75, 3.05) is 60.8 Å². The first kappa shape index (κ1) is 37.4. The molecule has 4 aromatic rings. The van der Waals surface area contributed by atoms with Gasteiger partial charge in [-0.3, -0.25) is 9.62 Å².